The molecule has 0 aromatic carbocycles. The maximum absolute atomic E-state index is 12.9. The standard InChI is InChI=1S/C23H38N4O4S/c1-17-14-20(25-23(28)21-15-22(31-26-21)19-8-9-19)10-12-27(17)32(29,30)13-5-11-24-16-18-6-3-2-4-7-18/h15,17-20,24H,2-14,16H2,1H3,(H,25,28)/t17-,20-/m0/s1. The first-order valence-corrected chi connectivity index (χ1v) is 14.0. The number of aromatic nitrogens is 1. The van der Waals surface area contributed by atoms with Crippen LogP contribution in [-0.2, 0) is 10.0 Å². The quantitative estimate of drug-likeness (QED) is 0.514. The summed E-state index contributed by atoms with van der Waals surface area (Å²) in [6.45, 7) is 4.13. The Balaban J connectivity index is 1.17. The molecule has 9 heteroatoms. The summed E-state index contributed by atoms with van der Waals surface area (Å²) in [6, 6.07) is 1.55. The first kappa shape index (κ1) is 23.7. The van der Waals surface area contributed by atoms with E-state index in [-0.39, 0.29) is 23.7 Å². The topological polar surface area (TPSA) is 105 Å². The smallest absolute Gasteiger partial charge is 0.273 e. The fraction of sp³-hybridized carbons (Fsp3) is 0.826. The van der Waals surface area contributed by atoms with Gasteiger partial charge in [0, 0.05) is 30.6 Å². The summed E-state index contributed by atoms with van der Waals surface area (Å²) < 4.78 is 32.6. The molecule has 1 aliphatic heterocycles. The number of rotatable bonds is 10. The van der Waals surface area contributed by atoms with Gasteiger partial charge < -0.3 is 15.2 Å². The molecule has 0 radical (unpaired) electrons. The molecule has 2 saturated carbocycles. The minimum Gasteiger partial charge on any atom is -0.360 e. The Hall–Kier alpha value is -1.45. The lowest BCUT2D eigenvalue weighted by Crippen LogP contribution is -2.51. The van der Waals surface area contributed by atoms with Crippen LogP contribution in [0.1, 0.15) is 93.3 Å². The van der Waals surface area contributed by atoms with Crippen molar-refractivity contribution in [1.82, 2.24) is 20.1 Å². The molecule has 0 bridgehead atoms. The molecule has 0 spiro atoms. The Bertz CT molecular complexity index is 861. The van der Waals surface area contributed by atoms with Gasteiger partial charge in [0.25, 0.3) is 5.91 Å². The van der Waals surface area contributed by atoms with Gasteiger partial charge in [0.15, 0.2) is 5.69 Å². The Morgan fingerprint density at radius 2 is 1.97 bits per heavy atom. The van der Waals surface area contributed by atoms with Crippen molar-refractivity contribution in [3.8, 4) is 0 Å². The van der Waals surface area contributed by atoms with Gasteiger partial charge in [-0.1, -0.05) is 24.4 Å². The van der Waals surface area contributed by atoms with E-state index in [0.29, 0.717) is 37.4 Å². The molecule has 3 fully saturated rings. The van der Waals surface area contributed by atoms with Gasteiger partial charge in [-0.25, -0.2) is 8.42 Å². The second kappa shape index (κ2) is 10.7. The predicted molar refractivity (Wildman–Crippen MR) is 123 cm³/mol. The van der Waals surface area contributed by atoms with Gasteiger partial charge in [0.1, 0.15) is 5.76 Å². The van der Waals surface area contributed by atoms with Crippen molar-refractivity contribution < 1.29 is 17.7 Å². The van der Waals surface area contributed by atoms with Crippen molar-refractivity contribution in [3.05, 3.63) is 17.5 Å². The van der Waals surface area contributed by atoms with Crippen LogP contribution in [0.3, 0.4) is 0 Å². The fourth-order valence-corrected chi connectivity index (χ4v) is 6.87. The molecule has 32 heavy (non-hydrogen) atoms. The Morgan fingerprint density at radius 3 is 2.69 bits per heavy atom. The fourth-order valence-electron chi connectivity index (χ4n) is 5.11. The molecule has 3 aliphatic rings. The number of piperidine rings is 1. The number of nitrogens with one attached hydrogen (secondary N) is 2. The zero-order chi connectivity index (χ0) is 22.6. The second-order valence-electron chi connectivity index (χ2n) is 9.92. The van der Waals surface area contributed by atoms with Gasteiger partial charge in [0.05, 0.1) is 5.75 Å². The summed E-state index contributed by atoms with van der Waals surface area (Å²) in [4.78, 5) is 12.5. The van der Waals surface area contributed by atoms with Crippen LogP contribution in [0.25, 0.3) is 0 Å². The molecule has 2 heterocycles. The van der Waals surface area contributed by atoms with Gasteiger partial charge in [-0.15, -0.1) is 0 Å². The maximum Gasteiger partial charge on any atom is 0.273 e. The van der Waals surface area contributed by atoms with E-state index in [0.717, 1.165) is 37.6 Å². The monoisotopic (exact) mass is 466 g/mol. The first-order valence-electron chi connectivity index (χ1n) is 12.4. The van der Waals surface area contributed by atoms with E-state index in [9.17, 15) is 13.2 Å². The molecule has 2 atom stereocenters. The molecule has 0 unspecified atom stereocenters. The number of carbonyl (C=O) groups excluding carboxylic acids is 1. The first-order chi connectivity index (χ1) is 15.4. The number of hydrogen-bond donors (Lipinski definition) is 2. The van der Waals surface area contributed by atoms with Crippen molar-refractivity contribution in [1.29, 1.82) is 0 Å². The Morgan fingerprint density at radius 1 is 1.19 bits per heavy atom. The van der Waals surface area contributed by atoms with Crippen molar-refractivity contribution in [2.75, 3.05) is 25.4 Å². The van der Waals surface area contributed by atoms with E-state index in [1.807, 2.05) is 6.92 Å². The van der Waals surface area contributed by atoms with Gasteiger partial charge in [0.2, 0.25) is 10.0 Å². The molecule has 180 valence electrons. The van der Waals surface area contributed by atoms with Crippen molar-refractivity contribution in [2.45, 2.75) is 89.1 Å². The Kier molecular flexibility index (Phi) is 7.89. The summed E-state index contributed by atoms with van der Waals surface area (Å²) in [5, 5.41) is 10.4. The van der Waals surface area contributed by atoms with Crippen LogP contribution in [0.15, 0.2) is 10.6 Å². The summed E-state index contributed by atoms with van der Waals surface area (Å²) in [7, 11) is -3.29. The average Bonchev–Trinajstić information content (AvgIpc) is 3.50. The van der Waals surface area contributed by atoms with Gasteiger partial charge in [-0.3, -0.25) is 4.79 Å². The zero-order valence-electron chi connectivity index (χ0n) is 19.2. The second-order valence-corrected chi connectivity index (χ2v) is 12.0. The number of sulfonamides is 1. The van der Waals surface area contributed by atoms with E-state index in [1.54, 1.807) is 10.4 Å². The van der Waals surface area contributed by atoms with Crippen molar-refractivity contribution in [3.63, 3.8) is 0 Å². The third-order valence-corrected chi connectivity index (χ3v) is 9.22. The van der Waals surface area contributed by atoms with Crippen molar-refractivity contribution in [2.24, 2.45) is 5.92 Å². The number of nitrogens with zero attached hydrogens (tertiary/aromatic N) is 2. The zero-order valence-corrected chi connectivity index (χ0v) is 20.0. The highest BCUT2D eigenvalue weighted by molar-refractivity contribution is 7.89. The molecule has 2 aliphatic carbocycles. The van der Waals surface area contributed by atoms with Crippen LogP contribution < -0.4 is 10.6 Å². The van der Waals surface area contributed by atoms with E-state index in [4.69, 9.17) is 4.52 Å². The molecule has 2 N–H and O–H groups in total. The molecule has 4 rings (SSSR count). The highest BCUT2D eigenvalue weighted by Gasteiger charge is 2.34. The largest absolute Gasteiger partial charge is 0.360 e. The van der Waals surface area contributed by atoms with Crippen LogP contribution in [0.2, 0.25) is 0 Å². The summed E-state index contributed by atoms with van der Waals surface area (Å²) >= 11 is 0. The van der Waals surface area contributed by atoms with Gasteiger partial charge in [-0.2, -0.15) is 4.31 Å². The molecule has 1 aromatic rings. The molecule has 1 amide bonds. The van der Waals surface area contributed by atoms with Crippen molar-refractivity contribution >= 4 is 15.9 Å². The normalized spacial score (nSPS) is 25.7. The van der Waals surface area contributed by atoms with Crippen LogP contribution in [-0.4, -0.2) is 61.3 Å². The third-order valence-electron chi connectivity index (χ3n) is 7.16. The molecule has 1 saturated heterocycles. The van der Waals surface area contributed by atoms with Crippen LogP contribution in [0, 0.1) is 5.92 Å². The SMILES string of the molecule is C[C@H]1C[C@@H](NC(=O)c2cc(C3CC3)on2)CCN1S(=O)(=O)CCCNCC1CCCCC1. The third kappa shape index (κ3) is 6.32. The highest BCUT2D eigenvalue weighted by atomic mass is 32.2. The van der Waals surface area contributed by atoms with Crippen LogP contribution in [0.5, 0.6) is 0 Å². The van der Waals surface area contributed by atoms with Gasteiger partial charge >= 0.3 is 0 Å². The summed E-state index contributed by atoms with van der Waals surface area (Å²) in [5.74, 6) is 1.90. The van der Waals surface area contributed by atoms with Crippen LogP contribution >= 0.6 is 0 Å². The molecule has 8 nitrogen and oxygen atoms in total. The average molecular weight is 467 g/mol. The van der Waals surface area contributed by atoms with Gasteiger partial charge in [-0.05, 0) is 70.9 Å². The molecular weight excluding hydrogens is 428 g/mol. The minimum absolute atomic E-state index is 0.0535. The Labute approximate surface area is 191 Å². The lowest BCUT2D eigenvalue weighted by Gasteiger charge is -2.36. The summed E-state index contributed by atoms with van der Waals surface area (Å²) in [6.07, 6.45) is 10.7. The molecule has 1 aromatic heterocycles. The van der Waals surface area contributed by atoms with E-state index in [1.165, 1.54) is 32.1 Å². The van der Waals surface area contributed by atoms with E-state index in [2.05, 4.69) is 15.8 Å². The lowest BCUT2D eigenvalue weighted by molar-refractivity contribution is 0.0905. The predicted octanol–water partition coefficient (Wildman–Crippen LogP) is 3.02. The van der Waals surface area contributed by atoms with E-state index >= 15 is 0 Å². The minimum atomic E-state index is -3.29. The summed E-state index contributed by atoms with van der Waals surface area (Å²) in [5.41, 5.74) is 0.315. The number of hydrogen-bond acceptors (Lipinski definition) is 6. The number of amides is 1. The molecular formula is C23H38N4O4S. The number of carbonyl (C=O) groups is 1. The lowest BCUT2D eigenvalue weighted by atomic mass is 9.89. The van der Waals surface area contributed by atoms with Crippen LogP contribution in [0.4, 0.5) is 0 Å². The highest BCUT2D eigenvalue weighted by Crippen LogP contribution is 2.40. The van der Waals surface area contributed by atoms with E-state index < -0.39 is 10.0 Å². The maximum atomic E-state index is 12.9.